The fourth-order valence-corrected chi connectivity index (χ4v) is 2.79. The monoisotopic (exact) mass is 270 g/mol. The molecular formula is C15H14N2O3. The summed E-state index contributed by atoms with van der Waals surface area (Å²) in [5.41, 5.74) is 7.91. The van der Waals surface area contributed by atoms with E-state index in [9.17, 15) is 15.0 Å². The summed E-state index contributed by atoms with van der Waals surface area (Å²) in [6, 6.07) is 11.5. The van der Waals surface area contributed by atoms with Gasteiger partial charge in [-0.15, -0.1) is 0 Å². The minimum atomic E-state index is -0.624. The number of aliphatic hydroxyl groups is 1. The highest BCUT2D eigenvalue weighted by Crippen LogP contribution is 2.48. The van der Waals surface area contributed by atoms with Gasteiger partial charge in [0.05, 0.1) is 18.0 Å². The van der Waals surface area contributed by atoms with Crippen molar-refractivity contribution < 1.29 is 15.0 Å². The Kier molecular flexibility index (Phi) is 2.84. The molecule has 0 spiro atoms. The lowest BCUT2D eigenvalue weighted by Gasteiger charge is -2.34. The van der Waals surface area contributed by atoms with Gasteiger partial charge in [-0.3, -0.25) is 4.90 Å². The van der Waals surface area contributed by atoms with Crippen molar-refractivity contribution >= 4 is 17.4 Å². The van der Waals surface area contributed by atoms with Gasteiger partial charge in [0, 0.05) is 11.5 Å². The Balaban J connectivity index is 2.34. The first kappa shape index (κ1) is 12.5. The molecule has 20 heavy (non-hydrogen) atoms. The molecule has 0 radical (unpaired) electrons. The van der Waals surface area contributed by atoms with Crippen LogP contribution in [-0.2, 0) is 0 Å². The Hall–Kier alpha value is -2.53. The van der Waals surface area contributed by atoms with E-state index in [1.54, 1.807) is 24.3 Å². The van der Waals surface area contributed by atoms with Crippen LogP contribution in [0.3, 0.4) is 0 Å². The predicted octanol–water partition coefficient (Wildman–Crippen LogP) is 2.05. The van der Waals surface area contributed by atoms with Crippen LogP contribution in [0.1, 0.15) is 17.0 Å². The third-order valence-corrected chi connectivity index (χ3v) is 3.61. The molecular weight excluding hydrogens is 256 g/mol. The van der Waals surface area contributed by atoms with Crippen molar-refractivity contribution in [2.75, 3.05) is 11.5 Å². The van der Waals surface area contributed by atoms with Crippen molar-refractivity contribution in [3.05, 3.63) is 53.6 Å². The molecule has 0 aromatic heterocycles. The number of fused-ring (bicyclic) bond motifs is 2. The molecule has 1 atom stereocenters. The number of phenolic OH excluding ortho intramolecular Hbond substituents is 1. The van der Waals surface area contributed by atoms with Crippen molar-refractivity contribution in [3.8, 4) is 5.75 Å². The number of aromatic hydroxyl groups is 1. The maximum atomic E-state index is 11.8. The number of benzene rings is 2. The second-order valence-corrected chi connectivity index (χ2v) is 4.68. The second kappa shape index (κ2) is 4.54. The number of phenols is 1. The van der Waals surface area contributed by atoms with Crippen molar-refractivity contribution in [1.29, 1.82) is 0 Å². The van der Waals surface area contributed by atoms with E-state index in [0.29, 0.717) is 16.9 Å². The first-order valence-electron chi connectivity index (χ1n) is 6.26. The molecule has 0 aliphatic carbocycles. The van der Waals surface area contributed by atoms with Crippen LogP contribution in [0.15, 0.2) is 42.5 Å². The van der Waals surface area contributed by atoms with Gasteiger partial charge < -0.3 is 15.9 Å². The van der Waals surface area contributed by atoms with E-state index in [0.717, 1.165) is 5.56 Å². The molecule has 0 saturated carbocycles. The molecule has 1 aliphatic rings. The Morgan fingerprint density at radius 1 is 1.15 bits per heavy atom. The van der Waals surface area contributed by atoms with Crippen LogP contribution in [-0.4, -0.2) is 22.9 Å². The SMILES string of the molecule is NC(=O)N1c2ccccc2C(CO)c2c(O)cccc21. The van der Waals surface area contributed by atoms with Gasteiger partial charge in [-0.1, -0.05) is 24.3 Å². The number of para-hydroxylation sites is 1. The summed E-state index contributed by atoms with van der Waals surface area (Å²) in [7, 11) is 0. The molecule has 2 aromatic carbocycles. The molecule has 5 nitrogen and oxygen atoms in total. The van der Waals surface area contributed by atoms with Gasteiger partial charge in [-0.2, -0.15) is 0 Å². The Morgan fingerprint density at radius 3 is 2.55 bits per heavy atom. The van der Waals surface area contributed by atoms with Crippen LogP contribution in [0.2, 0.25) is 0 Å². The van der Waals surface area contributed by atoms with E-state index in [1.807, 2.05) is 12.1 Å². The van der Waals surface area contributed by atoms with Crippen molar-refractivity contribution in [1.82, 2.24) is 0 Å². The topological polar surface area (TPSA) is 86.8 Å². The fourth-order valence-electron chi connectivity index (χ4n) is 2.79. The molecule has 0 fully saturated rings. The van der Waals surface area contributed by atoms with Crippen molar-refractivity contribution in [3.63, 3.8) is 0 Å². The maximum absolute atomic E-state index is 11.8. The lowest BCUT2D eigenvalue weighted by atomic mass is 9.85. The maximum Gasteiger partial charge on any atom is 0.323 e. The van der Waals surface area contributed by atoms with Crippen molar-refractivity contribution in [2.24, 2.45) is 5.73 Å². The van der Waals surface area contributed by atoms with Gasteiger partial charge in [0.25, 0.3) is 0 Å². The summed E-state index contributed by atoms with van der Waals surface area (Å²) in [6.45, 7) is -0.159. The zero-order valence-corrected chi connectivity index (χ0v) is 10.7. The van der Waals surface area contributed by atoms with Gasteiger partial charge in [-0.05, 0) is 23.8 Å². The molecule has 1 aliphatic heterocycles. The number of anilines is 2. The summed E-state index contributed by atoms with van der Waals surface area (Å²) in [6.07, 6.45) is 0. The molecule has 4 N–H and O–H groups in total. The van der Waals surface area contributed by atoms with Crippen LogP contribution in [0.5, 0.6) is 5.75 Å². The first-order chi connectivity index (χ1) is 9.65. The zero-order chi connectivity index (χ0) is 14.3. The van der Waals surface area contributed by atoms with Gasteiger partial charge in [0.2, 0.25) is 0 Å². The number of carbonyl (C=O) groups is 1. The van der Waals surface area contributed by atoms with E-state index >= 15 is 0 Å². The normalized spacial score (nSPS) is 16.4. The minimum absolute atomic E-state index is 0.0438. The third kappa shape index (κ3) is 1.64. The zero-order valence-electron chi connectivity index (χ0n) is 10.7. The van der Waals surface area contributed by atoms with E-state index in [-0.39, 0.29) is 18.3 Å². The minimum Gasteiger partial charge on any atom is -0.508 e. The third-order valence-electron chi connectivity index (χ3n) is 3.61. The van der Waals surface area contributed by atoms with E-state index in [1.165, 1.54) is 11.0 Å². The highest BCUT2D eigenvalue weighted by molar-refractivity contribution is 6.02. The van der Waals surface area contributed by atoms with Crippen LogP contribution in [0.25, 0.3) is 0 Å². The number of nitrogens with zero attached hydrogens (tertiary/aromatic N) is 1. The predicted molar refractivity (Wildman–Crippen MR) is 75.2 cm³/mol. The standard InChI is InChI=1S/C15H14N2O3/c16-15(20)17-11-5-2-1-4-9(11)10(8-18)14-12(17)6-3-7-13(14)19/h1-7,10,18-19H,8H2,(H2,16,20). The summed E-state index contributed by atoms with van der Waals surface area (Å²) in [5, 5.41) is 19.8. The molecule has 5 heteroatoms. The van der Waals surface area contributed by atoms with Crippen LogP contribution >= 0.6 is 0 Å². The fraction of sp³-hybridized carbons (Fsp3) is 0.133. The van der Waals surface area contributed by atoms with Crippen LogP contribution in [0.4, 0.5) is 16.2 Å². The molecule has 0 saturated heterocycles. The molecule has 3 rings (SSSR count). The molecule has 2 amide bonds. The molecule has 2 aromatic rings. The number of hydrogen-bond acceptors (Lipinski definition) is 3. The number of aliphatic hydroxyl groups excluding tert-OH is 1. The Labute approximate surface area is 115 Å². The average molecular weight is 270 g/mol. The summed E-state index contributed by atoms with van der Waals surface area (Å²) >= 11 is 0. The summed E-state index contributed by atoms with van der Waals surface area (Å²) < 4.78 is 0. The Bertz CT molecular complexity index is 685. The largest absolute Gasteiger partial charge is 0.508 e. The summed E-state index contributed by atoms with van der Waals surface area (Å²) in [5.74, 6) is -0.333. The number of nitrogens with two attached hydrogens (primary N) is 1. The quantitative estimate of drug-likeness (QED) is 0.741. The van der Waals surface area contributed by atoms with Crippen LogP contribution < -0.4 is 10.6 Å². The number of rotatable bonds is 1. The highest BCUT2D eigenvalue weighted by atomic mass is 16.3. The second-order valence-electron chi connectivity index (χ2n) is 4.68. The van der Waals surface area contributed by atoms with E-state index in [2.05, 4.69) is 0 Å². The Morgan fingerprint density at radius 2 is 1.85 bits per heavy atom. The van der Waals surface area contributed by atoms with E-state index in [4.69, 9.17) is 5.73 Å². The van der Waals surface area contributed by atoms with Gasteiger partial charge >= 0.3 is 6.03 Å². The summed E-state index contributed by atoms with van der Waals surface area (Å²) in [4.78, 5) is 13.1. The van der Waals surface area contributed by atoms with Gasteiger partial charge in [0.1, 0.15) is 5.75 Å². The molecule has 1 heterocycles. The number of hydrogen-bond donors (Lipinski definition) is 3. The molecule has 102 valence electrons. The van der Waals surface area contributed by atoms with E-state index < -0.39 is 6.03 Å². The van der Waals surface area contributed by atoms with Crippen LogP contribution in [0, 0.1) is 0 Å². The van der Waals surface area contributed by atoms with Gasteiger partial charge in [-0.25, -0.2) is 4.79 Å². The number of amides is 2. The lowest BCUT2D eigenvalue weighted by Crippen LogP contribution is -2.36. The number of carbonyl (C=O) groups excluding carboxylic acids is 1. The van der Waals surface area contributed by atoms with Gasteiger partial charge in [0.15, 0.2) is 0 Å². The van der Waals surface area contributed by atoms with Crippen molar-refractivity contribution in [2.45, 2.75) is 5.92 Å². The molecule has 0 bridgehead atoms. The smallest absolute Gasteiger partial charge is 0.323 e. The average Bonchev–Trinajstić information content (AvgIpc) is 2.44. The number of urea groups is 1. The highest BCUT2D eigenvalue weighted by Gasteiger charge is 2.34. The first-order valence-corrected chi connectivity index (χ1v) is 6.26. The lowest BCUT2D eigenvalue weighted by molar-refractivity contribution is 0.255. The number of primary amides is 1. The molecule has 1 unspecified atom stereocenters.